The van der Waals surface area contributed by atoms with Crippen molar-refractivity contribution in [2.24, 2.45) is 0 Å². The Hall–Kier alpha value is -2.15. The summed E-state index contributed by atoms with van der Waals surface area (Å²) in [7, 11) is 0. The number of carbonyl (C=O) groups is 1. The van der Waals surface area contributed by atoms with Gasteiger partial charge < -0.3 is 5.32 Å². The van der Waals surface area contributed by atoms with Crippen LogP contribution < -0.4 is 10.9 Å². The number of amides is 1. The number of aryl methyl sites for hydroxylation is 2. The second kappa shape index (κ2) is 6.53. The average Bonchev–Trinajstić information content (AvgIpc) is 2.76. The number of carbonyl (C=O) groups excluding carboxylic acids is 1. The lowest BCUT2D eigenvalue weighted by Gasteiger charge is -2.08. The Morgan fingerprint density at radius 2 is 2.14 bits per heavy atom. The van der Waals surface area contributed by atoms with E-state index < -0.39 is 0 Å². The van der Waals surface area contributed by atoms with Crippen molar-refractivity contribution < 1.29 is 4.79 Å². The van der Waals surface area contributed by atoms with E-state index in [9.17, 15) is 9.59 Å². The highest BCUT2D eigenvalue weighted by Gasteiger charge is 2.12. The fraction of sp³-hybridized carbons (Fsp3) is 0.385. The molecule has 2 aromatic heterocycles. The van der Waals surface area contributed by atoms with Crippen LogP contribution in [-0.4, -0.2) is 31.5 Å². The molecule has 7 nitrogen and oxygen atoms in total. The third-order valence-corrected chi connectivity index (χ3v) is 2.96. The maximum absolute atomic E-state index is 11.8. The average molecular weight is 310 g/mol. The van der Waals surface area contributed by atoms with E-state index in [1.54, 1.807) is 19.9 Å². The molecule has 0 aliphatic heterocycles. The first-order valence-electron chi connectivity index (χ1n) is 6.50. The molecule has 0 fully saturated rings. The normalized spacial score (nSPS) is 10.6. The highest BCUT2D eigenvalue weighted by atomic mass is 35.5. The number of H-pyrrole nitrogens is 1. The van der Waals surface area contributed by atoms with Crippen molar-refractivity contribution in [3.63, 3.8) is 0 Å². The summed E-state index contributed by atoms with van der Waals surface area (Å²) in [6.45, 7) is 3.51. The van der Waals surface area contributed by atoms with E-state index in [4.69, 9.17) is 11.6 Å². The molecule has 0 aromatic carbocycles. The molecule has 2 heterocycles. The van der Waals surface area contributed by atoms with Crippen LogP contribution in [0, 0.1) is 13.8 Å². The number of nitrogens with zero attached hydrogens (tertiary/aromatic N) is 3. The lowest BCUT2D eigenvalue weighted by atomic mass is 10.3. The van der Waals surface area contributed by atoms with Gasteiger partial charge in [0.1, 0.15) is 5.82 Å². The highest BCUT2D eigenvalue weighted by Crippen LogP contribution is 2.14. The van der Waals surface area contributed by atoms with Gasteiger partial charge in [-0.3, -0.25) is 14.6 Å². The van der Waals surface area contributed by atoms with Crippen LogP contribution in [0.3, 0.4) is 0 Å². The van der Waals surface area contributed by atoms with Crippen molar-refractivity contribution >= 4 is 23.3 Å². The lowest BCUT2D eigenvalue weighted by molar-refractivity contribution is -0.116. The van der Waals surface area contributed by atoms with Gasteiger partial charge in [0.2, 0.25) is 11.9 Å². The van der Waals surface area contributed by atoms with E-state index in [1.165, 1.54) is 10.7 Å². The number of rotatable bonds is 5. The Morgan fingerprint density at radius 1 is 1.38 bits per heavy atom. The number of hydrogen-bond donors (Lipinski definition) is 2. The fourth-order valence-corrected chi connectivity index (χ4v) is 1.98. The molecule has 0 unspecified atom stereocenters. The smallest absolute Gasteiger partial charge is 0.252 e. The van der Waals surface area contributed by atoms with Crippen LogP contribution in [0.1, 0.15) is 24.2 Å². The van der Waals surface area contributed by atoms with Crippen molar-refractivity contribution in [1.29, 1.82) is 0 Å². The zero-order chi connectivity index (χ0) is 15.4. The number of aromatic amines is 1. The molecule has 2 N–H and O–H groups in total. The van der Waals surface area contributed by atoms with Gasteiger partial charge >= 0.3 is 0 Å². The van der Waals surface area contributed by atoms with E-state index >= 15 is 0 Å². The van der Waals surface area contributed by atoms with Crippen LogP contribution in [0.2, 0.25) is 0 Å². The summed E-state index contributed by atoms with van der Waals surface area (Å²) in [4.78, 5) is 30.1. The molecule has 0 saturated heterocycles. The standard InChI is InChI=1S/C13H16ClN5O2/c1-8-7-12(21)17-13(15-8)19-10(6-9(2)18-19)16-11(20)4-3-5-14/h6-7H,3-5H2,1-2H3,(H,16,20)(H,15,17,21). The molecular formula is C13H16ClN5O2. The van der Waals surface area contributed by atoms with Crippen LogP contribution in [0.25, 0.3) is 5.95 Å². The van der Waals surface area contributed by atoms with Crippen molar-refractivity contribution in [2.75, 3.05) is 11.2 Å². The minimum atomic E-state index is -0.273. The molecule has 21 heavy (non-hydrogen) atoms. The Balaban J connectivity index is 2.32. The van der Waals surface area contributed by atoms with Crippen LogP contribution in [0.4, 0.5) is 5.82 Å². The Labute approximate surface area is 126 Å². The van der Waals surface area contributed by atoms with Crippen molar-refractivity contribution in [3.05, 3.63) is 33.9 Å². The van der Waals surface area contributed by atoms with Gasteiger partial charge in [-0.25, -0.2) is 4.98 Å². The van der Waals surface area contributed by atoms with Crippen molar-refractivity contribution in [3.8, 4) is 5.95 Å². The zero-order valence-electron chi connectivity index (χ0n) is 11.8. The largest absolute Gasteiger partial charge is 0.310 e. The summed E-state index contributed by atoms with van der Waals surface area (Å²) >= 11 is 5.57. The molecule has 0 spiro atoms. The SMILES string of the molecule is Cc1cc(=O)[nH]c(-n2nc(C)cc2NC(=O)CCCCl)n1. The van der Waals surface area contributed by atoms with Gasteiger partial charge in [0, 0.05) is 30.1 Å². The van der Waals surface area contributed by atoms with E-state index in [0.717, 1.165) is 0 Å². The third kappa shape index (κ3) is 3.91. The quantitative estimate of drug-likeness (QED) is 0.819. The molecule has 2 aromatic rings. The maximum Gasteiger partial charge on any atom is 0.252 e. The molecule has 1 amide bonds. The minimum Gasteiger partial charge on any atom is -0.310 e. The summed E-state index contributed by atoms with van der Waals surface area (Å²) in [5, 5.41) is 6.98. The highest BCUT2D eigenvalue weighted by molar-refractivity contribution is 6.18. The number of aromatic nitrogens is 4. The van der Waals surface area contributed by atoms with E-state index in [0.29, 0.717) is 35.9 Å². The first kappa shape index (κ1) is 15.2. The minimum absolute atomic E-state index is 0.160. The second-order valence-electron chi connectivity index (χ2n) is 4.63. The van der Waals surface area contributed by atoms with Gasteiger partial charge in [0.05, 0.1) is 5.69 Å². The lowest BCUT2D eigenvalue weighted by Crippen LogP contribution is -2.18. The fourth-order valence-electron chi connectivity index (χ4n) is 1.85. The van der Waals surface area contributed by atoms with Gasteiger partial charge in [-0.15, -0.1) is 11.6 Å². The number of hydrogen-bond acceptors (Lipinski definition) is 4. The van der Waals surface area contributed by atoms with Gasteiger partial charge in [-0.1, -0.05) is 0 Å². The predicted octanol–water partition coefficient (Wildman–Crippen LogP) is 1.53. The van der Waals surface area contributed by atoms with Gasteiger partial charge in [0.25, 0.3) is 5.56 Å². The number of anilines is 1. The summed E-state index contributed by atoms with van der Waals surface area (Å²) < 4.78 is 1.41. The van der Waals surface area contributed by atoms with Gasteiger partial charge in [0.15, 0.2) is 0 Å². The summed E-state index contributed by atoms with van der Waals surface area (Å²) in [6.07, 6.45) is 0.922. The van der Waals surface area contributed by atoms with Crippen molar-refractivity contribution in [2.45, 2.75) is 26.7 Å². The Morgan fingerprint density at radius 3 is 2.81 bits per heavy atom. The summed E-state index contributed by atoms with van der Waals surface area (Å²) in [5.41, 5.74) is 0.998. The molecule has 0 atom stereocenters. The van der Waals surface area contributed by atoms with E-state index in [1.807, 2.05) is 0 Å². The monoisotopic (exact) mass is 309 g/mol. The molecule has 0 aliphatic carbocycles. The number of halogens is 1. The van der Waals surface area contributed by atoms with Gasteiger partial charge in [-0.05, 0) is 20.3 Å². The zero-order valence-corrected chi connectivity index (χ0v) is 12.6. The predicted molar refractivity (Wildman–Crippen MR) is 80.0 cm³/mol. The number of alkyl halides is 1. The van der Waals surface area contributed by atoms with Crippen LogP contribution in [0.15, 0.2) is 16.9 Å². The molecule has 0 radical (unpaired) electrons. The first-order chi connectivity index (χ1) is 9.99. The van der Waals surface area contributed by atoms with E-state index in [-0.39, 0.29) is 17.4 Å². The van der Waals surface area contributed by atoms with Gasteiger partial charge in [-0.2, -0.15) is 9.78 Å². The Kier molecular flexibility index (Phi) is 4.74. The number of nitrogens with one attached hydrogen (secondary N) is 2. The molecule has 112 valence electrons. The maximum atomic E-state index is 11.8. The first-order valence-corrected chi connectivity index (χ1v) is 7.04. The molecule has 0 bridgehead atoms. The second-order valence-corrected chi connectivity index (χ2v) is 5.01. The van der Waals surface area contributed by atoms with Crippen LogP contribution >= 0.6 is 11.6 Å². The van der Waals surface area contributed by atoms with Crippen LogP contribution in [-0.2, 0) is 4.79 Å². The molecule has 2 rings (SSSR count). The molecule has 8 heteroatoms. The molecule has 0 saturated carbocycles. The molecular weight excluding hydrogens is 294 g/mol. The molecule has 0 aliphatic rings. The van der Waals surface area contributed by atoms with Crippen molar-refractivity contribution in [1.82, 2.24) is 19.7 Å². The van der Waals surface area contributed by atoms with E-state index in [2.05, 4.69) is 20.4 Å². The Bertz CT molecular complexity index is 707. The van der Waals surface area contributed by atoms with Crippen LogP contribution in [0.5, 0.6) is 0 Å². The third-order valence-electron chi connectivity index (χ3n) is 2.69. The summed E-state index contributed by atoms with van der Waals surface area (Å²) in [5.74, 6) is 0.992. The summed E-state index contributed by atoms with van der Waals surface area (Å²) in [6, 6.07) is 3.10. The topological polar surface area (TPSA) is 92.7 Å².